The summed E-state index contributed by atoms with van der Waals surface area (Å²) in [5, 5.41) is 2.42. The third-order valence-electron chi connectivity index (χ3n) is 1.39. The van der Waals surface area contributed by atoms with Crippen LogP contribution in [0, 0.1) is 12.3 Å². The fraction of sp³-hybridized carbons (Fsp3) is 0.556. The third-order valence-corrected chi connectivity index (χ3v) is 1.39. The number of ether oxygens (including phenoxy) is 1. The summed E-state index contributed by atoms with van der Waals surface area (Å²) in [6.07, 6.45) is 5.38. The average molecular weight is 198 g/mol. The third kappa shape index (κ3) is 4.48. The Hall–Kier alpha value is -1.54. The van der Waals surface area contributed by atoms with Crippen LogP contribution in [0.5, 0.6) is 0 Å². The zero-order valence-electron chi connectivity index (χ0n) is 8.08. The predicted octanol–water partition coefficient (Wildman–Crippen LogP) is -0.984. The van der Waals surface area contributed by atoms with E-state index in [1.54, 1.807) is 6.92 Å². The summed E-state index contributed by atoms with van der Waals surface area (Å²) in [4.78, 5) is 22.1. The summed E-state index contributed by atoms with van der Waals surface area (Å²) in [6, 6.07) is -1.27. The molecule has 0 aromatic rings. The normalized spacial score (nSPS) is 11.2. The number of terminal acetylenes is 1. The predicted molar refractivity (Wildman–Crippen MR) is 51.1 cm³/mol. The highest BCUT2D eigenvalue weighted by atomic mass is 16.5. The average Bonchev–Trinajstić information content (AvgIpc) is 2.17. The smallest absolute Gasteiger partial charge is 0.332 e. The maximum absolute atomic E-state index is 11.1. The van der Waals surface area contributed by atoms with Crippen molar-refractivity contribution in [3.63, 3.8) is 0 Å². The topological polar surface area (TPSA) is 81.4 Å². The van der Waals surface area contributed by atoms with Crippen LogP contribution in [0.2, 0.25) is 0 Å². The summed E-state index contributed by atoms with van der Waals surface area (Å²) in [6.45, 7) is 2.15. The first-order valence-electron chi connectivity index (χ1n) is 4.26. The highest BCUT2D eigenvalue weighted by Gasteiger charge is 2.22. The van der Waals surface area contributed by atoms with E-state index in [2.05, 4.69) is 16.0 Å². The van der Waals surface area contributed by atoms with Crippen molar-refractivity contribution in [2.24, 2.45) is 5.73 Å². The molecule has 5 nitrogen and oxygen atoms in total. The molecule has 0 saturated carbocycles. The van der Waals surface area contributed by atoms with Gasteiger partial charge < -0.3 is 15.8 Å². The Morgan fingerprint density at radius 1 is 1.64 bits per heavy atom. The quantitative estimate of drug-likeness (QED) is 0.257. The summed E-state index contributed by atoms with van der Waals surface area (Å²) < 4.78 is 4.57. The van der Waals surface area contributed by atoms with Gasteiger partial charge in [-0.1, -0.05) is 0 Å². The van der Waals surface area contributed by atoms with Crippen LogP contribution in [0.4, 0.5) is 0 Å². The largest absolute Gasteiger partial charge is 0.464 e. The fourth-order valence-corrected chi connectivity index (χ4v) is 0.707. The van der Waals surface area contributed by atoms with Crippen LogP contribution in [-0.2, 0) is 14.3 Å². The molecule has 0 aliphatic rings. The van der Waals surface area contributed by atoms with Crippen LogP contribution in [0.15, 0.2) is 0 Å². The van der Waals surface area contributed by atoms with Crippen molar-refractivity contribution in [2.45, 2.75) is 19.4 Å². The lowest BCUT2D eigenvalue weighted by molar-refractivity contribution is -0.147. The molecule has 0 aliphatic carbocycles. The number of nitrogens with two attached hydrogens (primary N) is 1. The van der Waals surface area contributed by atoms with Crippen LogP contribution < -0.4 is 11.1 Å². The molecule has 1 atom stereocenters. The van der Waals surface area contributed by atoms with E-state index in [9.17, 15) is 9.59 Å². The van der Waals surface area contributed by atoms with Gasteiger partial charge >= 0.3 is 5.97 Å². The molecule has 0 bridgehead atoms. The van der Waals surface area contributed by atoms with E-state index < -0.39 is 17.9 Å². The van der Waals surface area contributed by atoms with Gasteiger partial charge in [-0.3, -0.25) is 4.79 Å². The maximum Gasteiger partial charge on any atom is 0.332 e. The van der Waals surface area contributed by atoms with Crippen molar-refractivity contribution in [1.29, 1.82) is 0 Å². The van der Waals surface area contributed by atoms with Gasteiger partial charge in [0.15, 0.2) is 6.04 Å². The molecule has 0 rings (SSSR count). The molecule has 14 heavy (non-hydrogen) atoms. The minimum atomic E-state index is -1.27. The summed E-state index contributed by atoms with van der Waals surface area (Å²) in [7, 11) is 0. The molecule has 1 unspecified atom stereocenters. The van der Waals surface area contributed by atoms with Crippen LogP contribution in [0.25, 0.3) is 0 Å². The first-order chi connectivity index (χ1) is 6.63. The molecule has 0 aromatic carbocycles. The molecule has 1 amide bonds. The zero-order valence-corrected chi connectivity index (χ0v) is 8.08. The van der Waals surface area contributed by atoms with Gasteiger partial charge in [0.1, 0.15) is 0 Å². The first kappa shape index (κ1) is 12.5. The van der Waals surface area contributed by atoms with Gasteiger partial charge in [0, 0.05) is 13.0 Å². The van der Waals surface area contributed by atoms with Gasteiger partial charge in [-0.2, -0.15) is 0 Å². The van der Waals surface area contributed by atoms with Crippen molar-refractivity contribution < 1.29 is 14.3 Å². The van der Waals surface area contributed by atoms with Crippen molar-refractivity contribution >= 4 is 11.9 Å². The molecule has 78 valence electrons. The standard InChI is InChI=1S/C9H14N2O3/c1-3-5-6-11-8(12)7(10)9(13)14-4-2/h1,7H,4-6,10H2,2H3,(H,11,12). The lowest BCUT2D eigenvalue weighted by Gasteiger charge is -2.09. The number of hydrogen-bond donors (Lipinski definition) is 2. The van der Waals surface area contributed by atoms with Crippen molar-refractivity contribution in [2.75, 3.05) is 13.2 Å². The van der Waals surface area contributed by atoms with Crippen LogP contribution in [-0.4, -0.2) is 31.1 Å². The van der Waals surface area contributed by atoms with E-state index in [1.165, 1.54) is 0 Å². The summed E-state index contributed by atoms with van der Waals surface area (Å²) >= 11 is 0. The van der Waals surface area contributed by atoms with Gasteiger partial charge in [-0.25, -0.2) is 4.79 Å². The second kappa shape index (κ2) is 6.92. The van der Waals surface area contributed by atoms with E-state index >= 15 is 0 Å². The van der Waals surface area contributed by atoms with Gasteiger partial charge in [-0.05, 0) is 6.92 Å². The van der Waals surface area contributed by atoms with Crippen molar-refractivity contribution in [3.05, 3.63) is 0 Å². The number of rotatable bonds is 5. The van der Waals surface area contributed by atoms with Crippen LogP contribution >= 0.6 is 0 Å². The number of esters is 1. The zero-order chi connectivity index (χ0) is 11.0. The molecule has 0 aromatic heterocycles. The summed E-state index contributed by atoms with van der Waals surface area (Å²) in [5.74, 6) is 1.04. The van der Waals surface area contributed by atoms with E-state index in [0.29, 0.717) is 13.0 Å². The van der Waals surface area contributed by atoms with Gasteiger partial charge in [0.2, 0.25) is 5.91 Å². The van der Waals surface area contributed by atoms with E-state index in [-0.39, 0.29) is 6.61 Å². The first-order valence-corrected chi connectivity index (χ1v) is 4.26. The number of hydrogen-bond acceptors (Lipinski definition) is 4. The van der Waals surface area contributed by atoms with Gasteiger partial charge in [-0.15, -0.1) is 12.3 Å². The van der Waals surface area contributed by atoms with Crippen molar-refractivity contribution in [3.8, 4) is 12.3 Å². The number of carbonyl (C=O) groups is 2. The summed E-state index contributed by atoms with van der Waals surface area (Å²) in [5.41, 5.74) is 5.29. The molecule has 0 fully saturated rings. The number of carbonyl (C=O) groups excluding carboxylic acids is 2. The highest BCUT2D eigenvalue weighted by molar-refractivity contribution is 6.01. The second-order valence-corrected chi connectivity index (χ2v) is 2.47. The molecule has 0 heterocycles. The Morgan fingerprint density at radius 2 is 2.29 bits per heavy atom. The molecule has 0 radical (unpaired) electrons. The molecule has 5 heteroatoms. The molecule has 0 spiro atoms. The van der Waals surface area contributed by atoms with Crippen LogP contribution in [0.1, 0.15) is 13.3 Å². The van der Waals surface area contributed by atoms with E-state index in [4.69, 9.17) is 12.2 Å². The maximum atomic E-state index is 11.1. The fourth-order valence-electron chi connectivity index (χ4n) is 0.707. The SMILES string of the molecule is C#CCCNC(=O)C(N)C(=O)OCC. The monoisotopic (exact) mass is 198 g/mol. The lowest BCUT2D eigenvalue weighted by Crippen LogP contribution is -2.47. The molecular weight excluding hydrogens is 184 g/mol. The van der Waals surface area contributed by atoms with Gasteiger partial charge in [0.25, 0.3) is 0 Å². The Morgan fingerprint density at radius 3 is 2.79 bits per heavy atom. The van der Waals surface area contributed by atoms with Gasteiger partial charge in [0.05, 0.1) is 6.61 Å². The van der Waals surface area contributed by atoms with E-state index in [0.717, 1.165) is 0 Å². The number of amides is 1. The molecule has 3 N–H and O–H groups in total. The molecule has 0 aliphatic heterocycles. The van der Waals surface area contributed by atoms with Crippen LogP contribution in [0.3, 0.4) is 0 Å². The Balaban J connectivity index is 3.87. The van der Waals surface area contributed by atoms with E-state index in [1.807, 2.05) is 0 Å². The highest BCUT2D eigenvalue weighted by Crippen LogP contribution is 1.86. The Labute approximate surface area is 83.0 Å². The second-order valence-electron chi connectivity index (χ2n) is 2.47. The molecule has 0 saturated heterocycles. The number of nitrogens with one attached hydrogen (secondary N) is 1. The lowest BCUT2D eigenvalue weighted by atomic mass is 10.3. The minimum Gasteiger partial charge on any atom is -0.464 e. The molecular formula is C9H14N2O3. The minimum absolute atomic E-state index is 0.199. The Bertz CT molecular complexity index is 245. The van der Waals surface area contributed by atoms with Crippen molar-refractivity contribution in [1.82, 2.24) is 5.32 Å². The Kier molecular flexibility index (Phi) is 6.16.